The number of aromatic nitrogens is 2. The smallest absolute Gasteiger partial charge is 0.284 e. The highest BCUT2D eigenvalue weighted by atomic mass is 35.5. The molecule has 0 bridgehead atoms. The van der Waals surface area contributed by atoms with Crippen LogP contribution in [0.1, 0.15) is 18.2 Å². The van der Waals surface area contributed by atoms with E-state index in [1.54, 1.807) is 30.2 Å². The fraction of sp³-hybridized carbons (Fsp3) is 0.308. The van der Waals surface area contributed by atoms with Crippen molar-refractivity contribution in [2.24, 2.45) is 0 Å². The molecule has 1 N–H and O–H groups in total. The van der Waals surface area contributed by atoms with Crippen LogP contribution in [0.3, 0.4) is 0 Å². The minimum atomic E-state index is -0.119. The molecule has 110 valence electrons. The van der Waals surface area contributed by atoms with Crippen molar-refractivity contribution in [3.63, 3.8) is 0 Å². The van der Waals surface area contributed by atoms with Gasteiger partial charge >= 0.3 is 0 Å². The molecule has 1 atom stereocenters. The molecule has 1 aliphatic rings. The van der Waals surface area contributed by atoms with Crippen LogP contribution in [0.15, 0.2) is 22.6 Å². The number of anilines is 1. The zero-order valence-corrected chi connectivity index (χ0v) is 12.7. The molecule has 2 aromatic rings. The highest BCUT2D eigenvalue weighted by Crippen LogP contribution is 2.34. The summed E-state index contributed by atoms with van der Waals surface area (Å²) in [6, 6.07) is 5.24. The molecule has 0 saturated carbocycles. The van der Waals surface area contributed by atoms with E-state index in [0.29, 0.717) is 29.6 Å². The number of carbonyl (C=O) groups excluding carboxylic acids is 1. The lowest BCUT2D eigenvalue weighted by Crippen LogP contribution is -2.24. The molecule has 1 saturated heterocycles. The lowest BCUT2D eigenvalue weighted by molar-refractivity contribution is -0.117. The molecule has 3 rings (SSSR count). The molecule has 6 nitrogen and oxygen atoms in total. The van der Waals surface area contributed by atoms with Crippen LogP contribution in [-0.4, -0.2) is 29.8 Å². The van der Waals surface area contributed by atoms with Crippen molar-refractivity contribution in [2.75, 3.05) is 18.6 Å². The number of nitrogens with zero attached hydrogens (tertiary/aromatic N) is 2. The van der Waals surface area contributed by atoms with Crippen molar-refractivity contribution in [3.8, 4) is 5.75 Å². The summed E-state index contributed by atoms with van der Waals surface area (Å²) >= 11 is 11.0. The zero-order chi connectivity index (χ0) is 15.0. The Morgan fingerprint density at radius 3 is 3.00 bits per heavy atom. The number of hydrogen-bond acceptors (Lipinski definition) is 5. The standard InChI is InChI=1S/C13H12ClN3O3S/c1-19-10-3-2-8(5-9(10)14)17-6-7(4-11(17)18)12-15-16-13(21)20-12/h2-3,5,7H,4,6H2,1H3,(H,16,21)/t7-/m0/s1. The monoisotopic (exact) mass is 325 g/mol. The van der Waals surface area contributed by atoms with Gasteiger partial charge in [-0.05, 0) is 30.4 Å². The van der Waals surface area contributed by atoms with Gasteiger partial charge in [0.1, 0.15) is 5.75 Å². The van der Waals surface area contributed by atoms with E-state index in [4.69, 9.17) is 33.0 Å². The second kappa shape index (κ2) is 5.50. The van der Waals surface area contributed by atoms with Gasteiger partial charge in [-0.25, -0.2) is 5.10 Å². The van der Waals surface area contributed by atoms with Crippen LogP contribution >= 0.6 is 23.8 Å². The maximum absolute atomic E-state index is 12.2. The summed E-state index contributed by atoms with van der Waals surface area (Å²) < 4.78 is 10.4. The van der Waals surface area contributed by atoms with Crippen LogP contribution in [0.4, 0.5) is 5.69 Å². The summed E-state index contributed by atoms with van der Waals surface area (Å²) in [6.45, 7) is 0.477. The number of H-pyrrole nitrogens is 1. The van der Waals surface area contributed by atoms with Crippen LogP contribution in [0.2, 0.25) is 5.02 Å². The Kier molecular flexibility index (Phi) is 3.69. The van der Waals surface area contributed by atoms with Crippen LogP contribution in [-0.2, 0) is 4.79 Å². The topological polar surface area (TPSA) is 71.4 Å². The fourth-order valence-electron chi connectivity index (χ4n) is 2.36. The van der Waals surface area contributed by atoms with Gasteiger partial charge in [0.05, 0.1) is 18.1 Å². The molecule has 1 amide bonds. The second-order valence-electron chi connectivity index (χ2n) is 4.68. The Morgan fingerprint density at radius 1 is 1.57 bits per heavy atom. The molecular formula is C13H12ClN3O3S. The number of ether oxygens (including phenoxy) is 1. The van der Waals surface area contributed by atoms with E-state index in [1.165, 1.54) is 0 Å². The largest absolute Gasteiger partial charge is 0.495 e. The number of amides is 1. The quantitative estimate of drug-likeness (QED) is 0.878. The van der Waals surface area contributed by atoms with Crippen LogP contribution in [0, 0.1) is 4.84 Å². The average molecular weight is 326 g/mol. The van der Waals surface area contributed by atoms with Crippen molar-refractivity contribution in [1.82, 2.24) is 10.2 Å². The first kappa shape index (κ1) is 14.1. The van der Waals surface area contributed by atoms with Gasteiger partial charge in [0.2, 0.25) is 11.8 Å². The Morgan fingerprint density at radius 2 is 2.38 bits per heavy atom. The van der Waals surface area contributed by atoms with Gasteiger partial charge in [-0.3, -0.25) is 4.79 Å². The number of aromatic amines is 1. The lowest BCUT2D eigenvalue weighted by Gasteiger charge is -2.17. The SMILES string of the molecule is COc1ccc(N2C[C@@H](c3n[nH]c(=S)o3)CC2=O)cc1Cl. The third kappa shape index (κ3) is 2.66. The molecule has 21 heavy (non-hydrogen) atoms. The molecule has 0 unspecified atom stereocenters. The number of halogens is 1. The first-order valence-electron chi connectivity index (χ1n) is 6.28. The van der Waals surface area contributed by atoms with Gasteiger partial charge < -0.3 is 14.1 Å². The highest BCUT2D eigenvalue weighted by molar-refractivity contribution is 7.71. The number of methoxy groups -OCH3 is 1. The van der Waals surface area contributed by atoms with E-state index < -0.39 is 0 Å². The van der Waals surface area contributed by atoms with Gasteiger partial charge in [0.25, 0.3) is 4.84 Å². The first-order chi connectivity index (χ1) is 10.1. The molecule has 1 fully saturated rings. The van der Waals surface area contributed by atoms with E-state index >= 15 is 0 Å². The van der Waals surface area contributed by atoms with E-state index in [1.807, 2.05) is 0 Å². The van der Waals surface area contributed by atoms with Crippen molar-refractivity contribution >= 4 is 35.4 Å². The number of carbonyl (C=O) groups is 1. The third-order valence-electron chi connectivity index (χ3n) is 3.38. The Hall–Kier alpha value is -1.86. The number of hydrogen-bond donors (Lipinski definition) is 1. The van der Waals surface area contributed by atoms with Gasteiger partial charge in [-0.2, -0.15) is 0 Å². The Labute approximate surface area is 130 Å². The zero-order valence-electron chi connectivity index (χ0n) is 11.1. The summed E-state index contributed by atoms with van der Waals surface area (Å²) in [4.78, 5) is 14.0. The lowest BCUT2D eigenvalue weighted by atomic mass is 10.1. The van der Waals surface area contributed by atoms with Crippen molar-refractivity contribution in [3.05, 3.63) is 33.9 Å². The number of benzene rings is 1. The maximum atomic E-state index is 12.2. The molecular weight excluding hydrogens is 314 g/mol. The Balaban J connectivity index is 1.85. The predicted octanol–water partition coefficient (Wildman–Crippen LogP) is 2.91. The Bertz CT molecular complexity index is 742. The van der Waals surface area contributed by atoms with Gasteiger partial charge in [-0.15, -0.1) is 5.10 Å². The minimum Gasteiger partial charge on any atom is -0.495 e. The van der Waals surface area contributed by atoms with Gasteiger partial charge in [-0.1, -0.05) is 11.6 Å². The summed E-state index contributed by atoms with van der Waals surface area (Å²) in [5, 5.41) is 7.02. The van der Waals surface area contributed by atoms with Crippen molar-refractivity contribution in [2.45, 2.75) is 12.3 Å². The van der Waals surface area contributed by atoms with E-state index in [9.17, 15) is 4.79 Å². The van der Waals surface area contributed by atoms with Crippen LogP contribution < -0.4 is 9.64 Å². The van der Waals surface area contributed by atoms with Crippen LogP contribution in [0.5, 0.6) is 5.75 Å². The molecule has 2 heterocycles. The van der Waals surface area contributed by atoms with Crippen LogP contribution in [0.25, 0.3) is 0 Å². The summed E-state index contributed by atoms with van der Waals surface area (Å²) in [6.07, 6.45) is 0.326. The van der Waals surface area contributed by atoms with Gasteiger partial charge in [0, 0.05) is 18.7 Å². The number of nitrogens with one attached hydrogen (secondary N) is 1. The van der Waals surface area contributed by atoms with Crippen molar-refractivity contribution < 1.29 is 13.9 Å². The third-order valence-corrected chi connectivity index (χ3v) is 3.85. The first-order valence-corrected chi connectivity index (χ1v) is 7.06. The molecule has 8 heteroatoms. The number of rotatable bonds is 3. The molecule has 0 aliphatic carbocycles. The van der Waals surface area contributed by atoms with Crippen molar-refractivity contribution in [1.29, 1.82) is 0 Å². The molecule has 1 aromatic heterocycles. The predicted molar refractivity (Wildman–Crippen MR) is 79.4 cm³/mol. The maximum Gasteiger partial charge on any atom is 0.284 e. The van der Waals surface area contributed by atoms with Gasteiger partial charge in [0.15, 0.2) is 0 Å². The normalized spacial score (nSPS) is 18.3. The fourth-order valence-corrected chi connectivity index (χ4v) is 2.74. The average Bonchev–Trinajstić information content (AvgIpc) is 3.05. The highest BCUT2D eigenvalue weighted by Gasteiger charge is 2.34. The molecule has 0 spiro atoms. The summed E-state index contributed by atoms with van der Waals surface area (Å²) in [5.74, 6) is 0.897. The summed E-state index contributed by atoms with van der Waals surface area (Å²) in [7, 11) is 1.55. The van der Waals surface area contributed by atoms with E-state index in [0.717, 1.165) is 5.69 Å². The van der Waals surface area contributed by atoms with E-state index in [2.05, 4.69) is 10.2 Å². The molecule has 1 aliphatic heterocycles. The molecule has 0 radical (unpaired) electrons. The molecule has 1 aromatic carbocycles. The minimum absolute atomic E-state index is 0.00893. The second-order valence-corrected chi connectivity index (χ2v) is 5.45. The summed E-state index contributed by atoms with van der Waals surface area (Å²) in [5.41, 5.74) is 0.724. The van der Waals surface area contributed by atoms with E-state index in [-0.39, 0.29) is 16.7 Å².